The molecule has 0 heterocycles. The van der Waals surface area contributed by atoms with Crippen molar-refractivity contribution < 1.29 is 4.74 Å². The maximum Gasteiger partial charge on any atom is 0.119 e. The lowest BCUT2D eigenvalue weighted by Gasteiger charge is -2.41. The largest absolute Gasteiger partial charge is 0.489 e. The number of ether oxygens (including phenoxy) is 1. The summed E-state index contributed by atoms with van der Waals surface area (Å²) in [6, 6.07) is 28.2. The Hall–Kier alpha value is -2.54. The molecule has 2 aliphatic rings. The highest BCUT2D eigenvalue weighted by Crippen LogP contribution is 2.47. The lowest BCUT2D eigenvalue weighted by atomic mass is 9.64. The van der Waals surface area contributed by atoms with Gasteiger partial charge >= 0.3 is 0 Å². The Kier molecular flexibility index (Phi) is 6.11. The summed E-state index contributed by atoms with van der Waals surface area (Å²) in [7, 11) is 0. The third-order valence-electron chi connectivity index (χ3n) is 7.69. The zero-order valence-electron chi connectivity index (χ0n) is 18.7. The summed E-state index contributed by atoms with van der Waals surface area (Å²) >= 11 is 0. The van der Waals surface area contributed by atoms with Crippen molar-refractivity contribution >= 4 is 0 Å². The number of fused-ring (bicyclic) bond motifs is 1. The van der Waals surface area contributed by atoms with Crippen LogP contribution >= 0.6 is 0 Å². The van der Waals surface area contributed by atoms with Crippen molar-refractivity contribution in [2.24, 2.45) is 17.8 Å². The molecule has 2 saturated carbocycles. The molecule has 0 bridgehead atoms. The second kappa shape index (κ2) is 9.30. The molecule has 2 aliphatic carbocycles. The third-order valence-corrected chi connectivity index (χ3v) is 7.69. The van der Waals surface area contributed by atoms with Crippen LogP contribution in [0.1, 0.15) is 62.5 Å². The van der Waals surface area contributed by atoms with Crippen molar-refractivity contribution in [1.29, 1.82) is 0 Å². The maximum absolute atomic E-state index is 5.93. The van der Waals surface area contributed by atoms with Crippen LogP contribution in [0, 0.1) is 17.8 Å². The Bertz CT molecular complexity index is 958. The van der Waals surface area contributed by atoms with E-state index in [2.05, 4.69) is 67.6 Å². The SMILES string of the molecule is CC1CC[C@@H]2C[C@H](c3ccc(-c4ccc(OCc5ccccc5)cc4)cc3)CC[C@@H]2C1. The smallest absolute Gasteiger partial charge is 0.119 e. The molecule has 1 nitrogen and oxygen atoms in total. The molecule has 0 radical (unpaired) electrons. The molecular weight excluding hydrogens is 376 g/mol. The summed E-state index contributed by atoms with van der Waals surface area (Å²) in [5.74, 6) is 4.60. The first-order chi connectivity index (χ1) is 15.2. The number of benzene rings is 3. The van der Waals surface area contributed by atoms with Gasteiger partial charge in [-0.3, -0.25) is 0 Å². The molecule has 0 saturated heterocycles. The number of hydrogen-bond acceptors (Lipinski definition) is 1. The molecule has 1 unspecified atom stereocenters. The van der Waals surface area contributed by atoms with E-state index in [0.29, 0.717) is 6.61 Å². The van der Waals surface area contributed by atoms with Gasteiger partial charge in [0.15, 0.2) is 0 Å². The van der Waals surface area contributed by atoms with Gasteiger partial charge in [0.05, 0.1) is 0 Å². The summed E-state index contributed by atoms with van der Waals surface area (Å²) in [5, 5.41) is 0. The standard InChI is InChI=1S/C30H34O/c1-22-7-8-29-20-28(14-13-27(29)19-22)26-11-9-24(10-12-26)25-15-17-30(18-16-25)31-21-23-5-3-2-4-6-23/h2-6,9-12,15-18,22,27-29H,7-8,13-14,19-21H2,1H3/t22?,27-,28-,29-/m1/s1. The fourth-order valence-electron chi connectivity index (χ4n) is 5.86. The molecule has 0 amide bonds. The first-order valence-electron chi connectivity index (χ1n) is 12.1. The lowest BCUT2D eigenvalue weighted by molar-refractivity contribution is 0.124. The summed E-state index contributed by atoms with van der Waals surface area (Å²) in [6.45, 7) is 3.06. The molecule has 3 aromatic rings. The molecule has 31 heavy (non-hydrogen) atoms. The highest BCUT2D eigenvalue weighted by Gasteiger charge is 2.34. The second-order valence-corrected chi connectivity index (χ2v) is 9.87. The van der Waals surface area contributed by atoms with Crippen LogP contribution < -0.4 is 4.74 Å². The van der Waals surface area contributed by atoms with Gasteiger partial charge in [-0.05, 0) is 90.2 Å². The number of rotatable bonds is 5. The topological polar surface area (TPSA) is 9.23 Å². The summed E-state index contributed by atoms with van der Waals surface area (Å²) in [4.78, 5) is 0. The van der Waals surface area contributed by atoms with Gasteiger partial charge in [0, 0.05) is 0 Å². The van der Waals surface area contributed by atoms with E-state index in [0.717, 1.165) is 29.4 Å². The normalized spacial score (nSPS) is 25.6. The van der Waals surface area contributed by atoms with E-state index in [9.17, 15) is 0 Å². The molecule has 3 aromatic carbocycles. The molecule has 5 rings (SSSR count). The van der Waals surface area contributed by atoms with Gasteiger partial charge in [-0.25, -0.2) is 0 Å². The van der Waals surface area contributed by atoms with Crippen molar-refractivity contribution in [3.8, 4) is 16.9 Å². The molecule has 0 aliphatic heterocycles. The Morgan fingerprint density at radius 1 is 0.677 bits per heavy atom. The lowest BCUT2D eigenvalue weighted by Crippen LogP contribution is -2.29. The van der Waals surface area contributed by atoms with Gasteiger partial charge in [-0.15, -0.1) is 0 Å². The van der Waals surface area contributed by atoms with Crippen LogP contribution in [0.3, 0.4) is 0 Å². The zero-order valence-corrected chi connectivity index (χ0v) is 18.7. The predicted molar refractivity (Wildman–Crippen MR) is 129 cm³/mol. The van der Waals surface area contributed by atoms with E-state index in [1.165, 1.54) is 55.2 Å². The predicted octanol–water partition coefficient (Wildman–Crippen LogP) is 8.25. The van der Waals surface area contributed by atoms with E-state index in [1.807, 2.05) is 18.2 Å². The van der Waals surface area contributed by atoms with Crippen LogP contribution in [-0.4, -0.2) is 0 Å². The van der Waals surface area contributed by atoms with Crippen LogP contribution in [0.2, 0.25) is 0 Å². The summed E-state index contributed by atoms with van der Waals surface area (Å²) in [6.07, 6.45) is 8.59. The van der Waals surface area contributed by atoms with E-state index < -0.39 is 0 Å². The third kappa shape index (κ3) is 4.87. The van der Waals surface area contributed by atoms with E-state index in [1.54, 1.807) is 5.56 Å². The molecule has 0 N–H and O–H groups in total. The Morgan fingerprint density at radius 2 is 1.32 bits per heavy atom. The van der Waals surface area contributed by atoms with E-state index >= 15 is 0 Å². The van der Waals surface area contributed by atoms with Gasteiger partial charge in [-0.2, -0.15) is 0 Å². The van der Waals surface area contributed by atoms with E-state index in [4.69, 9.17) is 4.74 Å². The molecule has 0 spiro atoms. The highest BCUT2D eigenvalue weighted by atomic mass is 16.5. The Morgan fingerprint density at radius 3 is 2.06 bits per heavy atom. The van der Waals surface area contributed by atoms with Crippen LogP contribution in [0.4, 0.5) is 0 Å². The number of hydrogen-bond donors (Lipinski definition) is 0. The van der Waals surface area contributed by atoms with Gasteiger partial charge in [-0.1, -0.05) is 80.1 Å². The van der Waals surface area contributed by atoms with Crippen LogP contribution in [-0.2, 0) is 6.61 Å². The molecule has 0 aromatic heterocycles. The van der Waals surface area contributed by atoms with Crippen LogP contribution in [0.5, 0.6) is 5.75 Å². The minimum atomic E-state index is 0.608. The van der Waals surface area contributed by atoms with Crippen molar-refractivity contribution in [1.82, 2.24) is 0 Å². The molecule has 160 valence electrons. The highest BCUT2D eigenvalue weighted by molar-refractivity contribution is 5.64. The molecular formula is C30H34O. The monoisotopic (exact) mass is 410 g/mol. The zero-order chi connectivity index (χ0) is 21.0. The van der Waals surface area contributed by atoms with E-state index in [-0.39, 0.29) is 0 Å². The van der Waals surface area contributed by atoms with Crippen molar-refractivity contribution in [2.75, 3.05) is 0 Å². The van der Waals surface area contributed by atoms with Crippen LogP contribution in [0.25, 0.3) is 11.1 Å². The average Bonchev–Trinajstić information content (AvgIpc) is 2.83. The first kappa shape index (κ1) is 20.4. The van der Waals surface area contributed by atoms with Crippen molar-refractivity contribution in [2.45, 2.75) is 58.0 Å². The van der Waals surface area contributed by atoms with Gasteiger partial charge in [0.1, 0.15) is 12.4 Å². The van der Waals surface area contributed by atoms with Gasteiger partial charge < -0.3 is 4.74 Å². The quantitative estimate of drug-likeness (QED) is 0.411. The molecule has 4 atom stereocenters. The first-order valence-corrected chi connectivity index (χ1v) is 12.1. The van der Waals surface area contributed by atoms with Crippen molar-refractivity contribution in [3.63, 3.8) is 0 Å². The fraction of sp³-hybridized carbons (Fsp3) is 0.400. The maximum atomic E-state index is 5.93. The van der Waals surface area contributed by atoms with Gasteiger partial charge in [0.25, 0.3) is 0 Å². The molecule has 2 fully saturated rings. The minimum Gasteiger partial charge on any atom is -0.489 e. The van der Waals surface area contributed by atoms with Crippen molar-refractivity contribution in [3.05, 3.63) is 90.0 Å². The van der Waals surface area contributed by atoms with Crippen LogP contribution in [0.15, 0.2) is 78.9 Å². The Labute approximate surface area is 187 Å². The second-order valence-electron chi connectivity index (χ2n) is 9.87. The summed E-state index contributed by atoms with van der Waals surface area (Å²) < 4.78 is 5.93. The fourth-order valence-corrected chi connectivity index (χ4v) is 5.86. The summed E-state index contributed by atoms with van der Waals surface area (Å²) in [5.41, 5.74) is 5.28. The minimum absolute atomic E-state index is 0.608. The average molecular weight is 411 g/mol. The Balaban J connectivity index is 1.20. The molecule has 1 heteroatoms. The van der Waals surface area contributed by atoms with Gasteiger partial charge in [0.2, 0.25) is 0 Å².